The fourth-order valence-electron chi connectivity index (χ4n) is 1.79. The molecule has 0 aliphatic carbocycles. The molecule has 0 saturated carbocycles. The third-order valence-corrected chi connectivity index (χ3v) is 3.08. The van der Waals surface area contributed by atoms with Crippen LogP contribution in [0.3, 0.4) is 0 Å². The highest BCUT2D eigenvalue weighted by Crippen LogP contribution is 2.17. The van der Waals surface area contributed by atoms with Crippen LogP contribution in [0.25, 0.3) is 0 Å². The van der Waals surface area contributed by atoms with Crippen molar-refractivity contribution < 1.29 is 9.18 Å². The second-order valence-electron chi connectivity index (χ2n) is 4.33. The molecule has 0 heterocycles. The van der Waals surface area contributed by atoms with Crippen LogP contribution in [0.5, 0.6) is 0 Å². The Morgan fingerprint density at radius 3 is 2.60 bits per heavy atom. The van der Waals surface area contributed by atoms with Gasteiger partial charge in [-0.1, -0.05) is 24.4 Å². The fourth-order valence-corrected chi connectivity index (χ4v) is 1.97. The van der Waals surface area contributed by atoms with Crippen LogP contribution in [-0.2, 0) is 0 Å². The molecule has 102 valence electrons. The number of amides is 1. The number of halogens is 1. The van der Waals surface area contributed by atoms with E-state index in [2.05, 4.69) is 5.32 Å². The highest BCUT2D eigenvalue weighted by Gasteiger charge is 2.11. The van der Waals surface area contributed by atoms with Gasteiger partial charge in [0.05, 0.1) is 5.69 Å². The van der Waals surface area contributed by atoms with Gasteiger partial charge in [-0.05, 0) is 42.8 Å². The lowest BCUT2D eigenvalue weighted by molar-refractivity contribution is 0.102. The van der Waals surface area contributed by atoms with Gasteiger partial charge in [0.2, 0.25) is 0 Å². The molecule has 0 saturated heterocycles. The zero-order valence-corrected chi connectivity index (χ0v) is 11.6. The summed E-state index contributed by atoms with van der Waals surface area (Å²) in [5.74, 6) is -0.679. The molecular weight excluding hydrogens is 275 g/mol. The number of thiocarbonyl (C=S) groups is 1. The molecule has 0 fully saturated rings. The van der Waals surface area contributed by atoms with Crippen molar-refractivity contribution in [2.24, 2.45) is 5.73 Å². The molecule has 0 radical (unpaired) electrons. The summed E-state index contributed by atoms with van der Waals surface area (Å²) in [5, 5.41) is 2.73. The molecule has 1 amide bonds. The Morgan fingerprint density at radius 1 is 1.25 bits per heavy atom. The molecule has 0 aromatic heterocycles. The normalized spacial score (nSPS) is 10.1. The largest absolute Gasteiger partial charge is 0.389 e. The Balaban J connectivity index is 2.28. The van der Waals surface area contributed by atoms with Gasteiger partial charge in [-0.15, -0.1) is 0 Å². The number of anilines is 1. The Labute approximate surface area is 121 Å². The van der Waals surface area contributed by atoms with Crippen molar-refractivity contribution in [2.75, 3.05) is 5.32 Å². The van der Waals surface area contributed by atoms with E-state index >= 15 is 0 Å². The first kappa shape index (κ1) is 14.1. The highest BCUT2D eigenvalue weighted by molar-refractivity contribution is 7.80. The zero-order chi connectivity index (χ0) is 14.7. The van der Waals surface area contributed by atoms with E-state index in [1.54, 1.807) is 31.2 Å². The molecule has 0 aliphatic heterocycles. The summed E-state index contributed by atoms with van der Waals surface area (Å²) in [4.78, 5) is 12.3. The van der Waals surface area contributed by atoms with Gasteiger partial charge < -0.3 is 11.1 Å². The van der Waals surface area contributed by atoms with Gasteiger partial charge in [-0.3, -0.25) is 4.79 Å². The predicted octanol–water partition coefficient (Wildman–Crippen LogP) is 3.02. The van der Waals surface area contributed by atoms with Crippen LogP contribution in [0.15, 0.2) is 42.5 Å². The number of aryl methyl sites for hydroxylation is 1. The number of carbonyl (C=O) groups is 1. The lowest BCUT2D eigenvalue weighted by atomic mass is 10.1. The lowest BCUT2D eigenvalue weighted by Crippen LogP contribution is -2.17. The summed E-state index contributed by atoms with van der Waals surface area (Å²) in [6.45, 7) is 1.61. The fraction of sp³-hybridized carbons (Fsp3) is 0.0667. The summed E-state index contributed by atoms with van der Waals surface area (Å²) < 4.78 is 13.2. The van der Waals surface area contributed by atoms with Crippen molar-refractivity contribution in [1.82, 2.24) is 0 Å². The second-order valence-corrected chi connectivity index (χ2v) is 4.77. The first-order chi connectivity index (χ1) is 9.49. The molecular formula is C15H13FN2OS. The van der Waals surface area contributed by atoms with Gasteiger partial charge in [-0.2, -0.15) is 0 Å². The third kappa shape index (κ3) is 3.00. The molecule has 0 spiro atoms. The second kappa shape index (κ2) is 5.79. The highest BCUT2D eigenvalue weighted by atomic mass is 32.1. The number of nitrogens with one attached hydrogen (secondary N) is 1. The molecule has 0 aliphatic rings. The standard InChI is InChI=1S/C15H13FN2OS/c1-9-8-10(6-7-12(9)16)15(19)18-13-5-3-2-4-11(13)14(17)20/h2-8H,1H3,(H2,17,20)(H,18,19). The summed E-state index contributed by atoms with van der Waals surface area (Å²) in [5.41, 5.74) is 7.52. The topological polar surface area (TPSA) is 55.1 Å². The zero-order valence-electron chi connectivity index (χ0n) is 10.8. The van der Waals surface area contributed by atoms with E-state index in [-0.39, 0.29) is 16.7 Å². The van der Waals surface area contributed by atoms with Gasteiger partial charge in [-0.25, -0.2) is 4.39 Å². The molecule has 2 aromatic rings. The minimum Gasteiger partial charge on any atom is -0.389 e. The predicted molar refractivity (Wildman–Crippen MR) is 81.4 cm³/mol. The number of para-hydroxylation sites is 1. The molecule has 0 bridgehead atoms. The number of benzene rings is 2. The van der Waals surface area contributed by atoms with Crippen LogP contribution in [0.4, 0.5) is 10.1 Å². The van der Waals surface area contributed by atoms with E-state index in [1.807, 2.05) is 0 Å². The van der Waals surface area contributed by atoms with Crippen molar-refractivity contribution in [2.45, 2.75) is 6.92 Å². The summed E-state index contributed by atoms with van der Waals surface area (Å²) >= 11 is 4.93. The smallest absolute Gasteiger partial charge is 0.255 e. The first-order valence-corrected chi connectivity index (χ1v) is 6.36. The molecule has 3 nitrogen and oxygen atoms in total. The van der Waals surface area contributed by atoms with Crippen LogP contribution in [-0.4, -0.2) is 10.9 Å². The van der Waals surface area contributed by atoms with E-state index in [9.17, 15) is 9.18 Å². The Bertz CT molecular complexity index is 685. The minimum absolute atomic E-state index is 0.205. The van der Waals surface area contributed by atoms with Crippen LogP contribution >= 0.6 is 12.2 Å². The molecule has 0 unspecified atom stereocenters. The quantitative estimate of drug-likeness (QED) is 0.854. The van der Waals surface area contributed by atoms with Crippen molar-refractivity contribution >= 4 is 28.8 Å². The van der Waals surface area contributed by atoms with Gasteiger partial charge in [0.25, 0.3) is 5.91 Å². The first-order valence-electron chi connectivity index (χ1n) is 5.95. The monoisotopic (exact) mass is 288 g/mol. The average Bonchev–Trinajstić information content (AvgIpc) is 2.42. The number of hydrogen-bond acceptors (Lipinski definition) is 2. The summed E-state index contributed by atoms with van der Waals surface area (Å²) in [6, 6.07) is 11.2. The summed E-state index contributed by atoms with van der Waals surface area (Å²) in [7, 11) is 0. The maximum atomic E-state index is 13.2. The molecule has 3 N–H and O–H groups in total. The van der Waals surface area contributed by atoms with Crippen LogP contribution in [0.1, 0.15) is 21.5 Å². The molecule has 5 heteroatoms. The average molecular weight is 288 g/mol. The number of rotatable bonds is 3. The van der Waals surface area contributed by atoms with Gasteiger partial charge in [0.15, 0.2) is 0 Å². The third-order valence-electron chi connectivity index (χ3n) is 2.86. The van der Waals surface area contributed by atoms with E-state index < -0.39 is 0 Å². The van der Waals surface area contributed by atoms with Gasteiger partial charge in [0, 0.05) is 11.1 Å². The van der Waals surface area contributed by atoms with Crippen molar-refractivity contribution in [3.63, 3.8) is 0 Å². The van der Waals surface area contributed by atoms with Crippen LogP contribution in [0, 0.1) is 12.7 Å². The molecule has 20 heavy (non-hydrogen) atoms. The van der Waals surface area contributed by atoms with Gasteiger partial charge in [0.1, 0.15) is 10.8 Å². The lowest BCUT2D eigenvalue weighted by Gasteiger charge is -2.10. The van der Waals surface area contributed by atoms with Crippen LogP contribution in [0.2, 0.25) is 0 Å². The van der Waals surface area contributed by atoms with Crippen molar-refractivity contribution in [3.8, 4) is 0 Å². The Kier molecular flexibility index (Phi) is 4.10. The maximum absolute atomic E-state index is 13.2. The van der Waals surface area contributed by atoms with Crippen LogP contribution < -0.4 is 11.1 Å². The number of carbonyl (C=O) groups excluding carboxylic acids is 1. The van der Waals surface area contributed by atoms with E-state index in [4.69, 9.17) is 18.0 Å². The van der Waals surface area contributed by atoms with E-state index in [0.29, 0.717) is 22.4 Å². The Hall–Kier alpha value is -2.27. The summed E-state index contributed by atoms with van der Waals surface area (Å²) in [6.07, 6.45) is 0. The number of hydrogen-bond donors (Lipinski definition) is 2. The van der Waals surface area contributed by atoms with E-state index in [0.717, 1.165) is 0 Å². The molecule has 2 rings (SSSR count). The van der Waals surface area contributed by atoms with Crippen molar-refractivity contribution in [1.29, 1.82) is 0 Å². The van der Waals surface area contributed by atoms with Gasteiger partial charge >= 0.3 is 0 Å². The maximum Gasteiger partial charge on any atom is 0.255 e. The van der Waals surface area contributed by atoms with Crippen molar-refractivity contribution in [3.05, 3.63) is 65.0 Å². The minimum atomic E-state index is -0.343. The Morgan fingerprint density at radius 2 is 1.95 bits per heavy atom. The van der Waals surface area contributed by atoms with E-state index in [1.165, 1.54) is 18.2 Å². The number of nitrogens with two attached hydrogens (primary N) is 1. The SMILES string of the molecule is Cc1cc(C(=O)Nc2ccccc2C(N)=S)ccc1F. The molecule has 0 atom stereocenters. The molecule has 2 aromatic carbocycles.